The molecule has 0 aliphatic carbocycles. The van der Waals surface area contributed by atoms with E-state index in [4.69, 9.17) is 0 Å². The van der Waals surface area contributed by atoms with Crippen LogP contribution in [0.15, 0.2) is 35.7 Å². The van der Waals surface area contributed by atoms with Gasteiger partial charge in [-0.25, -0.2) is 8.42 Å². The van der Waals surface area contributed by atoms with E-state index < -0.39 is 10.0 Å². The van der Waals surface area contributed by atoms with Crippen molar-refractivity contribution in [2.24, 2.45) is 0 Å². The van der Waals surface area contributed by atoms with Gasteiger partial charge in [0.25, 0.3) is 5.91 Å². The van der Waals surface area contributed by atoms with Crippen LogP contribution >= 0.6 is 11.8 Å². The van der Waals surface area contributed by atoms with E-state index in [-0.39, 0.29) is 22.9 Å². The lowest BCUT2D eigenvalue weighted by atomic mass is 10.0. The molecule has 1 spiro atoms. The van der Waals surface area contributed by atoms with Crippen LogP contribution in [-0.4, -0.2) is 54.4 Å². The van der Waals surface area contributed by atoms with E-state index >= 15 is 0 Å². The summed E-state index contributed by atoms with van der Waals surface area (Å²) in [6, 6.07) is 9.54. The Morgan fingerprint density at radius 2 is 2.04 bits per heavy atom. The van der Waals surface area contributed by atoms with Gasteiger partial charge in [-0.05, 0) is 25.0 Å². The molecule has 0 saturated carbocycles. The zero-order chi connectivity index (χ0) is 20.2. The van der Waals surface area contributed by atoms with E-state index in [0.717, 1.165) is 30.6 Å². The molecule has 0 unspecified atom stereocenters. The van der Waals surface area contributed by atoms with Crippen molar-refractivity contribution in [1.29, 1.82) is 0 Å². The highest BCUT2D eigenvalue weighted by Gasteiger charge is 2.49. The van der Waals surface area contributed by atoms with Gasteiger partial charge >= 0.3 is 0 Å². The van der Waals surface area contributed by atoms with Crippen molar-refractivity contribution in [2.45, 2.75) is 50.1 Å². The Balaban J connectivity index is 1.55. The molecule has 0 bridgehead atoms. The van der Waals surface area contributed by atoms with Gasteiger partial charge in [-0.1, -0.05) is 49.0 Å². The highest BCUT2D eigenvalue weighted by molar-refractivity contribution is 8.00. The summed E-state index contributed by atoms with van der Waals surface area (Å²) in [4.78, 5) is 12.3. The van der Waals surface area contributed by atoms with Crippen LogP contribution in [-0.2, 0) is 14.8 Å². The standard InChI is InChI=1S/C20H29N3O3S2/c1-3-16(2)21-19(24)18-15-27-20(22-18)10-12-23(13-11-20)28(25,26)14-9-17-7-5-4-6-8-17/h4-9,14,16,18,22H,3,10-13,15H2,1-2H3,(H,21,24)/p+1/b14-9+/t16-,18+/m0/s1. The number of benzene rings is 1. The van der Waals surface area contributed by atoms with Crippen molar-refractivity contribution in [3.63, 3.8) is 0 Å². The number of rotatable bonds is 6. The number of hydrogen-bond acceptors (Lipinski definition) is 4. The third-order valence-corrected chi connectivity index (χ3v) is 8.76. The van der Waals surface area contributed by atoms with Gasteiger partial charge in [-0.15, -0.1) is 0 Å². The zero-order valence-corrected chi connectivity index (χ0v) is 18.1. The number of nitrogens with zero attached hydrogens (tertiary/aromatic N) is 1. The Labute approximate surface area is 172 Å². The van der Waals surface area contributed by atoms with Crippen LogP contribution < -0.4 is 10.6 Å². The number of amides is 1. The summed E-state index contributed by atoms with van der Waals surface area (Å²) < 4.78 is 26.8. The monoisotopic (exact) mass is 424 g/mol. The number of sulfonamides is 1. The number of quaternary nitrogens is 1. The van der Waals surface area contributed by atoms with E-state index in [0.29, 0.717) is 13.1 Å². The summed E-state index contributed by atoms with van der Waals surface area (Å²) in [7, 11) is -3.43. The number of nitrogens with one attached hydrogen (secondary N) is 1. The molecular formula is C20H30N3O3S2+. The molecule has 2 saturated heterocycles. The van der Waals surface area contributed by atoms with Gasteiger partial charge in [0.1, 0.15) is 4.87 Å². The van der Waals surface area contributed by atoms with Crippen molar-refractivity contribution in [2.75, 3.05) is 18.8 Å². The molecule has 2 heterocycles. The van der Waals surface area contributed by atoms with Crippen molar-refractivity contribution >= 4 is 33.8 Å². The minimum Gasteiger partial charge on any atom is -0.348 e. The summed E-state index contributed by atoms with van der Waals surface area (Å²) in [6.45, 7) is 5.05. The summed E-state index contributed by atoms with van der Waals surface area (Å²) >= 11 is 1.80. The van der Waals surface area contributed by atoms with Crippen LogP contribution in [0.4, 0.5) is 0 Å². The Hall–Kier alpha value is -1.35. The number of carbonyl (C=O) groups excluding carboxylic acids is 1. The molecule has 1 amide bonds. The average Bonchev–Trinajstić information content (AvgIpc) is 3.11. The number of carbonyl (C=O) groups is 1. The molecule has 28 heavy (non-hydrogen) atoms. The Morgan fingerprint density at radius 3 is 2.68 bits per heavy atom. The summed E-state index contributed by atoms with van der Waals surface area (Å²) in [5.41, 5.74) is 0.870. The topological polar surface area (TPSA) is 83.1 Å². The smallest absolute Gasteiger partial charge is 0.279 e. The van der Waals surface area contributed by atoms with Gasteiger partial charge in [0, 0.05) is 37.4 Å². The van der Waals surface area contributed by atoms with Gasteiger partial charge in [0.2, 0.25) is 10.0 Å². The summed E-state index contributed by atoms with van der Waals surface area (Å²) in [5, 5.41) is 6.53. The quantitative estimate of drug-likeness (QED) is 0.723. The highest BCUT2D eigenvalue weighted by Crippen LogP contribution is 2.34. The molecule has 2 aliphatic rings. The van der Waals surface area contributed by atoms with Crippen LogP contribution in [0.2, 0.25) is 0 Å². The number of hydrogen-bond donors (Lipinski definition) is 2. The van der Waals surface area contributed by atoms with Gasteiger partial charge in [-0.2, -0.15) is 4.31 Å². The first-order valence-electron chi connectivity index (χ1n) is 9.87. The lowest BCUT2D eigenvalue weighted by molar-refractivity contribution is -0.714. The maximum atomic E-state index is 12.6. The minimum atomic E-state index is -3.43. The van der Waals surface area contributed by atoms with E-state index in [2.05, 4.69) is 17.6 Å². The third-order valence-electron chi connectivity index (χ3n) is 5.55. The van der Waals surface area contributed by atoms with Crippen molar-refractivity contribution in [3.05, 3.63) is 41.3 Å². The summed E-state index contributed by atoms with van der Waals surface area (Å²) in [5.74, 6) is 0.878. The normalized spacial score (nSPS) is 23.9. The van der Waals surface area contributed by atoms with E-state index in [1.165, 1.54) is 5.41 Å². The maximum Gasteiger partial charge on any atom is 0.279 e. The second-order valence-corrected chi connectivity index (χ2v) is 10.9. The van der Waals surface area contributed by atoms with E-state index in [9.17, 15) is 13.2 Å². The van der Waals surface area contributed by atoms with Gasteiger partial charge in [-0.3, -0.25) is 4.79 Å². The molecule has 0 aromatic heterocycles. The molecule has 2 atom stereocenters. The molecular weight excluding hydrogens is 394 g/mol. The number of nitrogens with two attached hydrogens (primary N) is 1. The van der Waals surface area contributed by atoms with Crippen LogP contribution in [0.25, 0.3) is 6.08 Å². The second kappa shape index (κ2) is 8.98. The molecule has 1 aromatic carbocycles. The van der Waals surface area contributed by atoms with E-state index in [1.807, 2.05) is 37.3 Å². The predicted octanol–water partition coefficient (Wildman–Crippen LogP) is 1.37. The Morgan fingerprint density at radius 1 is 1.36 bits per heavy atom. The van der Waals surface area contributed by atoms with E-state index in [1.54, 1.807) is 22.1 Å². The van der Waals surface area contributed by atoms with Crippen molar-refractivity contribution in [3.8, 4) is 0 Å². The lowest BCUT2D eigenvalue weighted by Gasteiger charge is -2.35. The van der Waals surface area contributed by atoms with Crippen LogP contribution in [0.5, 0.6) is 0 Å². The van der Waals surface area contributed by atoms with Gasteiger partial charge in [0.15, 0.2) is 6.04 Å². The SMILES string of the molecule is CC[C@H](C)NC(=O)[C@H]1CSC2(CCN(S(=O)(=O)/C=C/c3ccccc3)CC2)[NH2+]1. The van der Waals surface area contributed by atoms with Crippen LogP contribution in [0, 0.1) is 0 Å². The van der Waals surface area contributed by atoms with Gasteiger partial charge < -0.3 is 10.6 Å². The molecule has 8 heteroatoms. The number of thioether (sulfide) groups is 1. The van der Waals surface area contributed by atoms with Crippen LogP contribution in [0.1, 0.15) is 38.7 Å². The minimum absolute atomic E-state index is 0.0768. The van der Waals surface area contributed by atoms with Crippen molar-refractivity contribution in [1.82, 2.24) is 9.62 Å². The first-order valence-corrected chi connectivity index (χ1v) is 12.4. The average molecular weight is 425 g/mol. The number of piperidine rings is 1. The molecule has 0 radical (unpaired) electrons. The highest BCUT2D eigenvalue weighted by atomic mass is 32.2. The first kappa shape index (κ1) is 21.4. The molecule has 2 aliphatic heterocycles. The Kier molecular flexibility index (Phi) is 6.85. The predicted molar refractivity (Wildman–Crippen MR) is 114 cm³/mol. The molecule has 2 fully saturated rings. The zero-order valence-electron chi connectivity index (χ0n) is 16.5. The summed E-state index contributed by atoms with van der Waals surface area (Å²) in [6.07, 6.45) is 4.07. The van der Waals surface area contributed by atoms with Gasteiger partial charge in [0.05, 0.1) is 5.75 Å². The molecule has 3 N–H and O–H groups in total. The molecule has 6 nitrogen and oxygen atoms in total. The fraction of sp³-hybridized carbons (Fsp3) is 0.550. The third kappa shape index (κ3) is 5.17. The first-order chi connectivity index (χ1) is 13.3. The molecule has 154 valence electrons. The molecule has 3 rings (SSSR count). The van der Waals surface area contributed by atoms with Crippen molar-refractivity contribution < 1.29 is 18.5 Å². The lowest BCUT2D eigenvalue weighted by Crippen LogP contribution is -3.00. The Bertz CT molecular complexity index is 803. The fourth-order valence-corrected chi connectivity index (χ4v) is 6.25. The molecule has 1 aromatic rings. The second-order valence-electron chi connectivity index (χ2n) is 7.62. The maximum absolute atomic E-state index is 12.6. The largest absolute Gasteiger partial charge is 0.348 e. The van der Waals surface area contributed by atoms with Crippen LogP contribution in [0.3, 0.4) is 0 Å². The fourth-order valence-electron chi connectivity index (χ4n) is 3.57.